The van der Waals surface area contributed by atoms with Crippen LogP contribution in [0.1, 0.15) is 42.1 Å². The van der Waals surface area contributed by atoms with Crippen molar-refractivity contribution in [3.63, 3.8) is 0 Å². The molecule has 2 aliphatic heterocycles. The lowest BCUT2D eigenvalue weighted by Gasteiger charge is -2.39. The highest BCUT2D eigenvalue weighted by Crippen LogP contribution is 2.52. The quantitative estimate of drug-likeness (QED) is 0.338. The highest BCUT2D eigenvalue weighted by Gasteiger charge is 2.44. The van der Waals surface area contributed by atoms with Crippen LogP contribution in [0, 0.1) is 0 Å². The van der Waals surface area contributed by atoms with E-state index in [2.05, 4.69) is 0 Å². The fourth-order valence-electron chi connectivity index (χ4n) is 4.73. The monoisotopic (exact) mass is 506 g/mol. The summed E-state index contributed by atoms with van der Waals surface area (Å²) in [6, 6.07) is 8.80. The molecule has 0 spiro atoms. The molecule has 0 aromatic heterocycles. The van der Waals surface area contributed by atoms with Gasteiger partial charge in [-0.05, 0) is 49.1 Å². The minimum absolute atomic E-state index is 0.00584. The molecule has 36 heavy (non-hydrogen) atoms. The fraction of sp³-hybridized carbons (Fsp3) is 0.538. The second-order valence-electron chi connectivity index (χ2n) is 9.13. The highest BCUT2D eigenvalue weighted by molar-refractivity contribution is 5.56. The Hall–Kier alpha value is -2.60. The minimum atomic E-state index is -1.43. The first-order valence-corrected chi connectivity index (χ1v) is 12.0. The first-order chi connectivity index (χ1) is 17.3. The van der Waals surface area contributed by atoms with Crippen LogP contribution >= 0.6 is 0 Å². The second-order valence-corrected chi connectivity index (χ2v) is 9.13. The van der Waals surface area contributed by atoms with E-state index in [0.717, 1.165) is 16.7 Å². The Kier molecular flexibility index (Phi) is 8.23. The van der Waals surface area contributed by atoms with Crippen LogP contribution in [-0.4, -0.2) is 83.7 Å². The summed E-state index contributed by atoms with van der Waals surface area (Å²) in [5.74, 6) is 0.991. The second kappa shape index (κ2) is 11.2. The van der Waals surface area contributed by atoms with Gasteiger partial charge in [-0.1, -0.05) is 12.1 Å². The fourth-order valence-corrected chi connectivity index (χ4v) is 4.73. The van der Waals surface area contributed by atoms with Crippen molar-refractivity contribution >= 4 is 0 Å². The molecule has 0 aliphatic carbocycles. The van der Waals surface area contributed by atoms with E-state index in [-0.39, 0.29) is 24.9 Å². The van der Waals surface area contributed by atoms with Crippen molar-refractivity contribution in [1.29, 1.82) is 0 Å². The number of phenols is 1. The molecule has 2 aromatic rings. The molecule has 5 N–H and O–H groups in total. The van der Waals surface area contributed by atoms with Gasteiger partial charge in [-0.15, -0.1) is 0 Å². The van der Waals surface area contributed by atoms with Crippen LogP contribution in [0.5, 0.6) is 23.0 Å². The zero-order chi connectivity index (χ0) is 26.0. The van der Waals surface area contributed by atoms with Crippen LogP contribution in [0.2, 0.25) is 0 Å². The molecule has 10 nitrogen and oxygen atoms in total. The van der Waals surface area contributed by atoms with E-state index in [1.54, 1.807) is 26.2 Å². The van der Waals surface area contributed by atoms with Gasteiger partial charge in [0.05, 0.1) is 32.8 Å². The molecule has 10 heteroatoms. The molecule has 198 valence electrons. The number of rotatable bonds is 9. The van der Waals surface area contributed by atoms with Crippen molar-refractivity contribution in [3.05, 3.63) is 47.0 Å². The summed E-state index contributed by atoms with van der Waals surface area (Å²) >= 11 is 0. The van der Waals surface area contributed by atoms with Crippen molar-refractivity contribution in [2.24, 2.45) is 0 Å². The Morgan fingerprint density at radius 1 is 0.944 bits per heavy atom. The number of benzene rings is 2. The molecule has 1 saturated heterocycles. The third kappa shape index (κ3) is 5.10. The molecule has 0 bridgehead atoms. The molecule has 0 unspecified atom stereocenters. The predicted octanol–water partition coefficient (Wildman–Crippen LogP) is 1.40. The van der Waals surface area contributed by atoms with Crippen molar-refractivity contribution in [1.82, 2.24) is 0 Å². The lowest BCUT2D eigenvalue weighted by molar-refractivity contribution is -0.294. The molecule has 4 rings (SSSR count). The molecule has 2 aromatic carbocycles. The Balaban J connectivity index is 1.68. The Bertz CT molecular complexity index is 1040. The van der Waals surface area contributed by atoms with Crippen LogP contribution in [0.15, 0.2) is 30.3 Å². The maximum absolute atomic E-state index is 10.4. The third-order valence-electron chi connectivity index (χ3n) is 6.78. The average molecular weight is 507 g/mol. The summed E-state index contributed by atoms with van der Waals surface area (Å²) in [7, 11) is 3.01. The largest absolute Gasteiger partial charge is 0.504 e. The SMILES string of the molecule is COc1cc([C@@H]2Oc3c(OC)cc(CCCO)cc3[C@H]2CO[C@@H]2O[C@@H](C)[C@H](O)[C@@H](O)[C@H]2O)ccc1O. The van der Waals surface area contributed by atoms with Crippen LogP contribution in [-0.2, 0) is 15.9 Å². The molecule has 1 fully saturated rings. The summed E-state index contributed by atoms with van der Waals surface area (Å²) in [6.07, 6.45) is -5.29. The first-order valence-electron chi connectivity index (χ1n) is 12.0. The average Bonchev–Trinajstić information content (AvgIpc) is 3.25. The van der Waals surface area contributed by atoms with Gasteiger partial charge in [0, 0.05) is 12.2 Å². The molecule has 0 amide bonds. The normalized spacial score (nSPS) is 29.5. The van der Waals surface area contributed by atoms with Crippen molar-refractivity contribution in [2.75, 3.05) is 27.4 Å². The molecule has 2 aliphatic rings. The maximum atomic E-state index is 10.4. The smallest absolute Gasteiger partial charge is 0.186 e. The minimum Gasteiger partial charge on any atom is -0.504 e. The third-order valence-corrected chi connectivity index (χ3v) is 6.78. The summed E-state index contributed by atoms with van der Waals surface area (Å²) < 4.78 is 28.8. The van der Waals surface area contributed by atoms with Gasteiger partial charge in [-0.3, -0.25) is 0 Å². The molecule has 2 heterocycles. The molecule has 0 radical (unpaired) electrons. The number of ether oxygens (including phenoxy) is 5. The van der Waals surface area contributed by atoms with Gasteiger partial charge in [0.1, 0.15) is 24.4 Å². The van der Waals surface area contributed by atoms with Crippen LogP contribution < -0.4 is 14.2 Å². The number of phenolic OH excluding ortho intramolecular Hbond substituents is 1. The molecular formula is C26H34O10. The van der Waals surface area contributed by atoms with E-state index in [1.165, 1.54) is 13.2 Å². The van der Waals surface area contributed by atoms with Gasteiger partial charge in [0.15, 0.2) is 29.3 Å². The first kappa shape index (κ1) is 26.5. The summed E-state index contributed by atoms with van der Waals surface area (Å²) in [6.45, 7) is 1.69. The van der Waals surface area contributed by atoms with E-state index < -0.39 is 36.8 Å². The number of aliphatic hydroxyl groups excluding tert-OH is 4. The van der Waals surface area contributed by atoms with Crippen molar-refractivity contribution < 1.29 is 49.2 Å². The van der Waals surface area contributed by atoms with Gasteiger partial charge in [0.2, 0.25) is 0 Å². The number of fused-ring (bicyclic) bond motifs is 1. The van der Waals surface area contributed by atoms with Gasteiger partial charge in [-0.25, -0.2) is 0 Å². The van der Waals surface area contributed by atoms with Gasteiger partial charge in [0.25, 0.3) is 0 Å². The van der Waals surface area contributed by atoms with E-state index in [9.17, 15) is 25.5 Å². The summed E-state index contributed by atoms with van der Waals surface area (Å²) in [5, 5.41) is 50.0. The van der Waals surface area contributed by atoms with Gasteiger partial charge >= 0.3 is 0 Å². The lowest BCUT2D eigenvalue weighted by Crippen LogP contribution is -2.57. The Morgan fingerprint density at radius 3 is 2.39 bits per heavy atom. The lowest BCUT2D eigenvalue weighted by atomic mass is 9.90. The maximum Gasteiger partial charge on any atom is 0.186 e. The summed E-state index contributed by atoms with van der Waals surface area (Å²) in [4.78, 5) is 0. The molecule has 7 atom stereocenters. The number of hydrogen-bond donors (Lipinski definition) is 5. The number of hydrogen-bond acceptors (Lipinski definition) is 10. The summed E-state index contributed by atoms with van der Waals surface area (Å²) in [5.41, 5.74) is 2.50. The molecular weight excluding hydrogens is 472 g/mol. The number of aryl methyl sites for hydroxylation is 1. The molecule has 0 saturated carbocycles. The number of aliphatic hydroxyl groups is 4. The van der Waals surface area contributed by atoms with E-state index in [0.29, 0.717) is 30.1 Å². The van der Waals surface area contributed by atoms with Crippen LogP contribution in [0.25, 0.3) is 0 Å². The topological polar surface area (TPSA) is 147 Å². The van der Waals surface area contributed by atoms with E-state index >= 15 is 0 Å². The van der Waals surface area contributed by atoms with Gasteiger partial charge in [-0.2, -0.15) is 0 Å². The highest BCUT2D eigenvalue weighted by atomic mass is 16.7. The number of methoxy groups -OCH3 is 2. The zero-order valence-corrected chi connectivity index (χ0v) is 20.5. The standard InChI is InChI=1S/C26H34O10/c1-13-21(29)22(30)23(31)26(35-13)34-12-17-16-9-14(5-4-8-27)10-20(33-3)25(16)36-24(17)15-6-7-18(28)19(11-15)32-2/h6-7,9-11,13,17,21-24,26-31H,4-5,8,12H2,1-3H3/t13-,17+,21-,22+,23+,24-,26+/m0/s1. The van der Waals surface area contributed by atoms with Crippen LogP contribution in [0.4, 0.5) is 0 Å². The van der Waals surface area contributed by atoms with Gasteiger partial charge < -0.3 is 49.2 Å². The Labute approximate surface area is 209 Å². The van der Waals surface area contributed by atoms with E-state index in [4.69, 9.17) is 23.7 Å². The zero-order valence-electron chi connectivity index (χ0n) is 20.5. The van der Waals surface area contributed by atoms with E-state index in [1.807, 2.05) is 12.1 Å². The van der Waals surface area contributed by atoms with Crippen molar-refractivity contribution in [2.45, 2.75) is 62.5 Å². The predicted molar refractivity (Wildman–Crippen MR) is 127 cm³/mol. The Morgan fingerprint density at radius 2 is 1.69 bits per heavy atom. The van der Waals surface area contributed by atoms with Crippen molar-refractivity contribution in [3.8, 4) is 23.0 Å². The number of aromatic hydroxyl groups is 1. The van der Waals surface area contributed by atoms with Crippen LogP contribution in [0.3, 0.4) is 0 Å².